The van der Waals surface area contributed by atoms with Gasteiger partial charge < -0.3 is 75.5 Å². The first-order valence-corrected chi connectivity index (χ1v) is 39.4. The Kier molecular flexibility index (Phi) is 37.7. The number of carbonyl (C=O) groups is 12. The third-order valence-electron chi connectivity index (χ3n) is 20.9. The first kappa shape index (κ1) is 90.9. The van der Waals surface area contributed by atoms with Crippen molar-refractivity contribution in [2.24, 2.45) is 41.4 Å². The van der Waals surface area contributed by atoms with Crippen molar-refractivity contribution >= 4 is 70.9 Å². The smallest absolute Gasteiger partial charge is 0.247 e. The van der Waals surface area contributed by atoms with E-state index in [-0.39, 0.29) is 99.6 Å². The Balaban J connectivity index is 2.01. The number of piperidine rings is 1. The molecule has 4 aliphatic rings. The van der Waals surface area contributed by atoms with Gasteiger partial charge in [-0.25, -0.2) is 0 Å². The first-order valence-electron chi connectivity index (χ1n) is 39.4. The molecule has 11 atom stereocenters. The number of nitrogens with one attached hydrogen (secondary N) is 5. The van der Waals surface area contributed by atoms with Crippen molar-refractivity contribution in [3.63, 3.8) is 0 Å². The number of rotatable bonds is 21. The number of nitrogens with zero attached hydrogens (tertiary/aromatic N) is 7. The van der Waals surface area contributed by atoms with E-state index in [0.717, 1.165) is 75.5 Å². The van der Waals surface area contributed by atoms with Gasteiger partial charge in [0.15, 0.2) is 0 Å². The van der Waals surface area contributed by atoms with Gasteiger partial charge in [-0.2, -0.15) is 0 Å². The zero-order chi connectivity index (χ0) is 78.9. The average Bonchev–Trinajstić information content (AvgIpc) is 0.823. The molecule has 27 heteroatoms. The fourth-order valence-corrected chi connectivity index (χ4v) is 14.9. The van der Waals surface area contributed by atoms with Crippen molar-refractivity contribution in [1.29, 1.82) is 0 Å². The molecule has 0 aromatic rings. The molecular weight excluding hydrogens is 1340 g/mol. The van der Waals surface area contributed by atoms with E-state index in [2.05, 4.69) is 26.6 Å². The molecule has 12 amide bonds. The first-order chi connectivity index (χ1) is 49.1. The van der Waals surface area contributed by atoms with Gasteiger partial charge in [-0.05, 0) is 133 Å². The molecular formula is C78H138N12O15. The molecule has 27 nitrogen and oxygen atoms in total. The Bertz CT molecular complexity index is 2850. The van der Waals surface area contributed by atoms with E-state index < -0.39 is 163 Å². The summed E-state index contributed by atoms with van der Waals surface area (Å²) in [7, 11) is 8.71. The maximum atomic E-state index is 15.7. The Morgan fingerprint density at radius 3 is 1.27 bits per heavy atom. The minimum absolute atomic E-state index is 0.00532. The second kappa shape index (κ2) is 43.5. The van der Waals surface area contributed by atoms with E-state index >= 15 is 33.6 Å². The van der Waals surface area contributed by atoms with Crippen molar-refractivity contribution in [3.05, 3.63) is 0 Å². The molecule has 0 radical (unpaired) electrons. The zero-order valence-corrected chi connectivity index (χ0v) is 67.8. The zero-order valence-electron chi connectivity index (χ0n) is 67.8. The number of hydrogen-bond acceptors (Lipinski definition) is 15. The minimum atomic E-state index is -1.49. The molecule has 0 spiro atoms. The van der Waals surface area contributed by atoms with Crippen LogP contribution in [0.3, 0.4) is 0 Å². The fourth-order valence-electron chi connectivity index (χ4n) is 14.9. The highest BCUT2D eigenvalue weighted by Gasteiger charge is 2.44. The van der Waals surface area contributed by atoms with Gasteiger partial charge >= 0.3 is 0 Å². The predicted molar refractivity (Wildman–Crippen MR) is 403 cm³/mol. The number of hydrogen-bond donors (Lipinski definition) is 6. The molecule has 0 bridgehead atoms. The van der Waals surface area contributed by atoms with E-state index in [1.54, 1.807) is 25.7 Å². The molecule has 0 aromatic heterocycles. The van der Waals surface area contributed by atoms with Crippen LogP contribution in [0.15, 0.2) is 0 Å². The summed E-state index contributed by atoms with van der Waals surface area (Å²) >= 11 is 0. The summed E-state index contributed by atoms with van der Waals surface area (Å²) in [5.41, 5.74) is -0.836. The number of amides is 12. The summed E-state index contributed by atoms with van der Waals surface area (Å²) in [6, 6.07) is -12.9. The molecule has 6 N–H and O–H groups in total. The van der Waals surface area contributed by atoms with Gasteiger partial charge in [-0.1, -0.05) is 133 Å². The lowest BCUT2D eigenvalue weighted by Crippen LogP contribution is -2.62. The van der Waals surface area contributed by atoms with Gasteiger partial charge in [-0.3, -0.25) is 57.5 Å². The highest BCUT2D eigenvalue weighted by atomic mass is 16.5. The van der Waals surface area contributed by atoms with Crippen LogP contribution in [0.2, 0.25) is 0 Å². The number of likely N-dealkylation sites (N-methyl/N-ethyl adjacent to an activating group) is 6. The van der Waals surface area contributed by atoms with E-state index in [4.69, 9.17) is 9.47 Å². The predicted octanol–water partition coefficient (Wildman–Crippen LogP) is 5.80. The van der Waals surface area contributed by atoms with Crippen LogP contribution in [-0.2, 0) is 67.0 Å². The third-order valence-corrected chi connectivity index (χ3v) is 20.9. The number of aliphatic hydroxyl groups excluding tert-OH is 1. The number of likely N-dealkylation sites (tertiary alicyclic amines) is 1. The summed E-state index contributed by atoms with van der Waals surface area (Å²) in [6.07, 6.45) is 10.4. The lowest BCUT2D eigenvalue weighted by atomic mass is 9.84. The van der Waals surface area contributed by atoms with Crippen molar-refractivity contribution < 1.29 is 72.1 Å². The maximum absolute atomic E-state index is 15.7. The third kappa shape index (κ3) is 29.6. The van der Waals surface area contributed by atoms with Gasteiger partial charge in [-0.15, -0.1) is 0 Å². The summed E-state index contributed by atoms with van der Waals surface area (Å²) in [6.45, 7) is 24.7. The van der Waals surface area contributed by atoms with Crippen molar-refractivity contribution in [2.75, 3.05) is 81.7 Å². The van der Waals surface area contributed by atoms with Crippen LogP contribution < -0.4 is 26.6 Å². The second-order valence-corrected chi connectivity index (χ2v) is 34.0. The number of carbonyl (C=O) groups excluding carboxylic acids is 12. The fraction of sp³-hybridized carbons (Fsp3) is 0.846. The molecule has 2 saturated carbocycles. The van der Waals surface area contributed by atoms with Crippen LogP contribution in [0.25, 0.3) is 0 Å². The lowest BCUT2D eigenvalue weighted by Gasteiger charge is -2.39. The quantitative estimate of drug-likeness (QED) is 0.0791. The van der Waals surface area contributed by atoms with E-state index in [9.17, 15) is 29.1 Å². The topological polar surface area (TPSA) is 326 Å². The van der Waals surface area contributed by atoms with E-state index in [0.29, 0.717) is 25.9 Å². The molecule has 2 aliphatic carbocycles. The van der Waals surface area contributed by atoms with Crippen LogP contribution in [0.1, 0.15) is 232 Å². The van der Waals surface area contributed by atoms with Gasteiger partial charge in [0.2, 0.25) is 70.9 Å². The van der Waals surface area contributed by atoms with E-state index in [1.807, 2.05) is 69.2 Å². The van der Waals surface area contributed by atoms with Crippen LogP contribution in [0.5, 0.6) is 0 Å². The van der Waals surface area contributed by atoms with E-state index in [1.165, 1.54) is 73.7 Å². The van der Waals surface area contributed by atoms with Gasteiger partial charge in [0, 0.05) is 55.4 Å². The van der Waals surface area contributed by atoms with Crippen LogP contribution >= 0.6 is 0 Å². The highest BCUT2D eigenvalue weighted by molar-refractivity contribution is 6.00. The summed E-state index contributed by atoms with van der Waals surface area (Å²) in [5, 5.41) is 24.8. The highest BCUT2D eigenvalue weighted by Crippen LogP contribution is 2.32. The average molecular weight is 1480 g/mol. The van der Waals surface area contributed by atoms with Crippen molar-refractivity contribution in [1.82, 2.24) is 60.9 Å². The molecule has 4 rings (SSSR count). The Morgan fingerprint density at radius 2 is 0.810 bits per heavy atom. The molecule has 2 heterocycles. The Morgan fingerprint density at radius 1 is 0.438 bits per heavy atom. The largest absolute Gasteiger partial charge is 0.391 e. The monoisotopic (exact) mass is 1480 g/mol. The van der Waals surface area contributed by atoms with Crippen molar-refractivity contribution in [3.8, 4) is 0 Å². The standard InChI is InChI=1S/C78H138N12O15/c1-48(2)36-56-73(99)87(18)64(41-54-30-24-21-25-31-54)71(97)80-57(37-49(3)4)74(100)86(17)62(39-51(7)8)70(96)82-59(46-104-45-53(11)91)72(98)84(15)44-67(93)85(16)61(38-50(5)6)68(94)83-60(47-105-78(12,13)14)75(101)89(20)65(42-55-32-26-22-27-33-55)77(103)88(19)63(40-52(9)10)69(95)81-58(43-66(92)79-56)76(102)90-34-28-23-29-35-90/h48-65,91H,21-47H2,1-20H3,(H,79,92)(H,80,97)(H,81,95)(H,82,96)(H,83,94)/t53-,56-,57+,58+,59+,60+,61+,62+,63+,64+,65+/m1/s1. The van der Waals surface area contributed by atoms with Crippen LogP contribution in [0.4, 0.5) is 0 Å². The number of ether oxygens (including phenoxy) is 2. The Hall–Kier alpha value is -6.48. The lowest BCUT2D eigenvalue weighted by molar-refractivity contribution is -0.152. The minimum Gasteiger partial charge on any atom is -0.391 e. The van der Waals surface area contributed by atoms with Gasteiger partial charge in [0.05, 0.1) is 44.5 Å². The second-order valence-electron chi connectivity index (χ2n) is 34.0. The SMILES string of the molecule is CC(C)C[C@@H]1NC(=O)[C@H](CC2CCCCC2)N(C)C(=O)[C@@H](CC(C)C)NC(=O)C[C@@H](C(=O)N2CCCCC2)NC(=O)[C@H](CC(C)C)N(C)C(=O)[C@H](CC2CCCCC2)N(C)C(=O)[C@H](COC(C)(C)C)NC(=O)[C@H](CC(C)C)N(C)C(=O)CN(C)C(=O)[C@H](COC[C@@H](C)O)NC(=O)[C@H](CC(C)C)N(C)C1=O. The maximum Gasteiger partial charge on any atom is 0.247 e. The summed E-state index contributed by atoms with van der Waals surface area (Å²) in [5.74, 6) is -8.98. The summed E-state index contributed by atoms with van der Waals surface area (Å²) < 4.78 is 12.1. The Labute approximate surface area is 628 Å². The summed E-state index contributed by atoms with van der Waals surface area (Å²) in [4.78, 5) is 191. The molecule has 105 heavy (non-hydrogen) atoms. The molecule has 2 aliphatic heterocycles. The van der Waals surface area contributed by atoms with Gasteiger partial charge in [0.1, 0.15) is 60.4 Å². The normalized spacial score (nSPS) is 26.8. The van der Waals surface area contributed by atoms with Crippen LogP contribution in [-0.4, -0.2) is 264 Å². The van der Waals surface area contributed by atoms with Gasteiger partial charge in [0.25, 0.3) is 0 Å². The molecule has 600 valence electrons. The molecule has 4 fully saturated rings. The number of aliphatic hydroxyl groups is 1. The molecule has 0 unspecified atom stereocenters. The van der Waals surface area contributed by atoms with Crippen LogP contribution in [0, 0.1) is 41.4 Å². The molecule has 2 saturated heterocycles. The van der Waals surface area contributed by atoms with Crippen molar-refractivity contribution in [2.45, 2.75) is 304 Å². The molecule has 0 aromatic carbocycles.